The van der Waals surface area contributed by atoms with Gasteiger partial charge in [0.05, 0.1) is 6.54 Å². The molecule has 2 heterocycles. The highest BCUT2D eigenvalue weighted by Crippen LogP contribution is 2.16. The summed E-state index contributed by atoms with van der Waals surface area (Å²) in [5, 5.41) is 0. The van der Waals surface area contributed by atoms with E-state index < -0.39 is 11.3 Å². The first-order chi connectivity index (χ1) is 16.3. The summed E-state index contributed by atoms with van der Waals surface area (Å²) >= 11 is 0. The number of likely N-dealkylation sites (tertiary alicyclic amines) is 1. The molecule has 34 heavy (non-hydrogen) atoms. The van der Waals surface area contributed by atoms with Gasteiger partial charge in [0, 0.05) is 38.6 Å². The number of aryl methyl sites for hydroxylation is 1. The fourth-order valence-corrected chi connectivity index (χ4v) is 4.05. The third-order valence-corrected chi connectivity index (χ3v) is 6.56. The predicted molar refractivity (Wildman–Crippen MR) is 134 cm³/mol. The number of rotatable bonds is 8. The SMILES string of the molecule is CCC(C)n1cc(C(=O)N(C)CCOc2ccc(C)cc2)c(=O)c(C(=O)N2CCCCCC2)c1. The van der Waals surface area contributed by atoms with Crippen molar-refractivity contribution in [1.29, 1.82) is 0 Å². The molecule has 2 amide bonds. The van der Waals surface area contributed by atoms with Crippen molar-refractivity contribution in [3.63, 3.8) is 0 Å². The van der Waals surface area contributed by atoms with E-state index in [0.717, 1.165) is 43.4 Å². The Balaban J connectivity index is 1.81. The first-order valence-electron chi connectivity index (χ1n) is 12.3. The fraction of sp³-hybridized carbons (Fsp3) is 0.519. The van der Waals surface area contributed by atoms with Crippen LogP contribution >= 0.6 is 0 Å². The average Bonchev–Trinajstić information content (AvgIpc) is 3.13. The highest BCUT2D eigenvalue weighted by molar-refractivity contribution is 5.99. The van der Waals surface area contributed by atoms with Crippen molar-refractivity contribution in [3.05, 3.63) is 63.6 Å². The second-order valence-electron chi connectivity index (χ2n) is 9.21. The van der Waals surface area contributed by atoms with Crippen LogP contribution in [0.4, 0.5) is 0 Å². The molecule has 0 N–H and O–H groups in total. The van der Waals surface area contributed by atoms with Crippen LogP contribution in [0.1, 0.15) is 78.3 Å². The van der Waals surface area contributed by atoms with Crippen LogP contribution in [0.25, 0.3) is 0 Å². The van der Waals surface area contributed by atoms with Gasteiger partial charge in [-0.1, -0.05) is 37.5 Å². The topological polar surface area (TPSA) is 71.8 Å². The van der Waals surface area contributed by atoms with E-state index in [0.29, 0.717) is 26.2 Å². The fourth-order valence-electron chi connectivity index (χ4n) is 4.05. The van der Waals surface area contributed by atoms with Crippen molar-refractivity contribution in [2.75, 3.05) is 33.3 Å². The standard InChI is InChI=1S/C27H37N3O4/c1-5-21(3)30-18-23(25(31)24(19-30)27(33)29-14-8-6-7-9-15-29)26(32)28(4)16-17-34-22-12-10-20(2)11-13-22/h10-13,18-19,21H,5-9,14-17H2,1-4H3. The lowest BCUT2D eigenvalue weighted by Gasteiger charge is -2.23. The minimum Gasteiger partial charge on any atom is -0.492 e. The molecule has 0 bridgehead atoms. The molecule has 184 valence electrons. The van der Waals surface area contributed by atoms with Crippen LogP contribution in [0.15, 0.2) is 41.5 Å². The van der Waals surface area contributed by atoms with Gasteiger partial charge in [-0.15, -0.1) is 0 Å². The summed E-state index contributed by atoms with van der Waals surface area (Å²) in [4.78, 5) is 43.1. The Morgan fingerprint density at radius 2 is 1.65 bits per heavy atom. The zero-order chi connectivity index (χ0) is 24.7. The van der Waals surface area contributed by atoms with Crippen LogP contribution in [-0.4, -0.2) is 59.5 Å². The Labute approximate surface area is 202 Å². The van der Waals surface area contributed by atoms with E-state index in [-0.39, 0.29) is 23.1 Å². The van der Waals surface area contributed by atoms with Gasteiger partial charge in [-0.05, 0) is 45.2 Å². The Kier molecular flexibility index (Phi) is 8.91. The van der Waals surface area contributed by atoms with Crippen molar-refractivity contribution in [3.8, 4) is 5.75 Å². The summed E-state index contributed by atoms with van der Waals surface area (Å²) in [6.07, 6.45) is 8.09. The molecule has 1 atom stereocenters. The van der Waals surface area contributed by atoms with Gasteiger partial charge in [-0.2, -0.15) is 0 Å². The van der Waals surface area contributed by atoms with Crippen molar-refractivity contribution in [2.24, 2.45) is 0 Å². The molecule has 2 aromatic rings. The third kappa shape index (κ3) is 6.27. The van der Waals surface area contributed by atoms with Crippen LogP contribution in [0, 0.1) is 6.92 Å². The first kappa shape index (κ1) is 25.5. The molecular weight excluding hydrogens is 430 g/mol. The number of hydrogen-bond donors (Lipinski definition) is 0. The highest BCUT2D eigenvalue weighted by Gasteiger charge is 2.26. The number of nitrogens with zero attached hydrogens (tertiary/aromatic N) is 3. The van der Waals surface area contributed by atoms with Crippen LogP contribution < -0.4 is 10.2 Å². The molecule has 1 saturated heterocycles. The molecule has 1 aliphatic heterocycles. The Bertz CT molecular complexity index is 1040. The molecule has 7 nitrogen and oxygen atoms in total. The molecule has 0 spiro atoms. The molecule has 7 heteroatoms. The Morgan fingerprint density at radius 3 is 2.26 bits per heavy atom. The number of ether oxygens (including phenoxy) is 1. The zero-order valence-electron chi connectivity index (χ0n) is 20.9. The summed E-state index contributed by atoms with van der Waals surface area (Å²) in [6.45, 7) is 7.98. The summed E-state index contributed by atoms with van der Waals surface area (Å²) in [6, 6.07) is 7.76. The maximum atomic E-state index is 13.3. The molecule has 0 radical (unpaired) electrons. The predicted octanol–water partition coefficient (Wildman–Crippen LogP) is 4.29. The monoisotopic (exact) mass is 467 g/mol. The van der Waals surface area contributed by atoms with Gasteiger partial charge in [-0.3, -0.25) is 14.4 Å². The Morgan fingerprint density at radius 1 is 1.03 bits per heavy atom. The second-order valence-corrected chi connectivity index (χ2v) is 9.21. The zero-order valence-corrected chi connectivity index (χ0v) is 20.9. The minimum atomic E-state index is -0.495. The molecule has 0 aliphatic carbocycles. The van der Waals surface area contributed by atoms with Crippen molar-refractivity contribution < 1.29 is 14.3 Å². The van der Waals surface area contributed by atoms with Gasteiger partial charge in [-0.25, -0.2) is 0 Å². The van der Waals surface area contributed by atoms with Gasteiger partial charge in [0.1, 0.15) is 23.5 Å². The molecule has 1 aliphatic rings. The summed E-state index contributed by atoms with van der Waals surface area (Å²) in [5.74, 6) is 0.0552. The van der Waals surface area contributed by atoms with Crippen LogP contribution in [0.3, 0.4) is 0 Å². The maximum absolute atomic E-state index is 13.3. The van der Waals surface area contributed by atoms with Crippen molar-refractivity contribution in [2.45, 2.75) is 58.9 Å². The van der Waals surface area contributed by atoms with E-state index in [9.17, 15) is 14.4 Å². The lowest BCUT2D eigenvalue weighted by atomic mass is 10.1. The van der Waals surface area contributed by atoms with E-state index in [2.05, 4.69) is 0 Å². The largest absolute Gasteiger partial charge is 0.492 e. The van der Waals surface area contributed by atoms with Gasteiger partial charge in [0.25, 0.3) is 11.8 Å². The number of amides is 2. The normalized spacial score (nSPS) is 14.9. The summed E-state index contributed by atoms with van der Waals surface area (Å²) < 4.78 is 7.57. The van der Waals surface area contributed by atoms with Gasteiger partial charge in [0.15, 0.2) is 0 Å². The van der Waals surface area contributed by atoms with E-state index >= 15 is 0 Å². The van der Waals surface area contributed by atoms with E-state index in [1.807, 2.05) is 49.6 Å². The number of pyridine rings is 1. The number of carbonyl (C=O) groups excluding carboxylic acids is 2. The Hall–Kier alpha value is -3.09. The lowest BCUT2D eigenvalue weighted by Crippen LogP contribution is -2.39. The van der Waals surface area contributed by atoms with Crippen LogP contribution in [0.5, 0.6) is 5.75 Å². The lowest BCUT2D eigenvalue weighted by molar-refractivity contribution is 0.0758. The molecule has 1 fully saturated rings. The third-order valence-electron chi connectivity index (χ3n) is 6.56. The number of likely N-dealkylation sites (N-methyl/N-ethyl adjacent to an activating group) is 1. The van der Waals surface area contributed by atoms with Crippen molar-refractivity contribution >= 4 is 11.8 Å². The number of hydrogen-bond acceptors (Lipinski definition) is 4. The quantitative estimate of drug-likeness (QED) is 0.581. The summed E-state index contributed by atoms with van der Waals surface area (Å²) in [7, 11) is 1.65. The van der Waals surface area contributed by atoms with Crippen LogP contribution in [0.2, 0.25) is 0 Å². The van der Waals surface area contributed by atoms with E-state index in [1.165, 1.54) is 4.90 Å². The molecule has 1 aromatic heterocycles. The van der Waals surface area contributed by atoms with Gasteiger partial charge >= 0.3 is 0 Å². The number of aromatic nitrogens is 1. The minimum absolute atomic E-state index is 0.0267. The number of benzene rings is 1. The molecule has 1 unspecified atom stereocenters. The smallest absolute Gasteiger partial charge is 0.259 e. The van der Waals surface area contributed by atoms with E-state index in [4.69, 9.17) is 4.74 Å². The molecule has 0 saturated carbocycles. The number of carbonyl (C=O) groups is 2. The summed E-state index contributed by atoms with van der Waals surface area (Å²) in [5.41, 5.74) is 0.758. The molecular formula is C27H37N3O4. The van der Waals surface area contributed by atoms with Gasteiger partial charge < -0.3 is 19.1 Å². The van der Waals surface area contributed by atoms with Gasteiger partial charge in [0.2, 0.25) is 5.43 Å². The first-order valence-corrected chi connectivity index (χ1v) is 12.3. The maximum Gasteiger partial charge on any atom is 0.259 e. The molecule has 1 aromatic carbocycles. The van der Waals surface area contributed by atoms with Crippen molar-refractivity contribution in [1.82, 2.24) is 14.4 Å². The highest BCUT2D eigenvalue weighted by atomic mass is 16.5. The van der Waals surface area contributed by atoms with E-state index in [1.54, 1.807) is 24.3 Å². The van der Waals surface area contributed by atoms with Crippen LogP contribution in [-0.2, 0) is 0 Å². The molecule has 3 rings (SSSR count). The average molecular weight is 468 g/mol. The second kappa shape index (κ2) is 11.9.